The average molecular weight is 450 g/mol. The van der Waals surface area contributed by atoms with Gasteiger partial charge in [0.05, 0.1) is 0 Å². The summed E-state index contributed by atoms with van der Waals surface area (Å²) in [4.78, 5) is 25.3. The molecule has 0 bridgehead atoms. The van der Waals surface area contributed by atoms with E-state index in [1.165, 1.54) is 4.68 Å². The zero-order chi connectivity index (χ0) is 22.8. The number of carbonyl (C=O) groups excluding carboxylic acids is 2. The summed E-state index contributed by atoms with van der Waals surface area (Å²) in [7, 11) is 0. The molecule has 2 N–H and O–H groups in total. The molecule has 2 aromatic carbocycles. The number of hydrogen-bond acceptors (Lipinski definition) is 7. The molecule has 10 heteroatoms. The van der Waals surface area contributed by atoms with Gasteiger partial charge < -0.3 is 29.6 Å². The SMILES string of the molecule is C[C@@H](C(=O)Nc1ccc2c(c1)OCCO2)n1ccc(C(=O)Nc2ccc3c(c2)OCCO3)n1. The summed E-state index contributed by atoms with van der Waals surface area (Å²) in [5.41, 5.74) is 1.33. The summed E-state index contributed by atoms with van der Waals surface area (Å²) >= 11 is 0. The van der Waals surface area contributed by atoms with Crippen molar-refractivity contribution in [2.75, 3.05) is 37.1 Å². The average Bonchev–Trinajstić information content (AvgIpc) is 3.34. The molecule has 0 radical (unpaired) electrons. The Morgan fingerprint density at radius 2 is 1.36 bits per heavy atom. The Balaban J connectivity index is 1.23. The Hall–Kier alpha value is -4.21. The van der Waals surface area contributed by atoms with Crippen LogP contribution in [-0.2, 0) is 4.79 Å². The Bertz CT molecular complexity index is 1210. The van der Waals surface area contributed by atoms with E-state index in [1.54, 1.807) is 55.6 Å². The lowest BCUT2D eigenvalue weighted by Gasteiger charge is -2.19. The fourth-order valence-corrected chi connectivity index (χ4v) is 3.48. The first-order valence-electron chi connectivity index (χ1n) is 10.5. The van der Waals surface area contributed by atoms with Crippen molar-refractivity contribution in [2.24, 2.45) is 0 Å². The molecule has 1 atom stereocenters. The Labute approximate surface area is 189 Å². The number of carbonyl (C=O) groups is 2. The first-order valence-corrected chi connectivity index (χ1v) is 10.5. The van der Waals surface area contributed by atoms with Gasteiger partial charge in [0.2, 0.25) is 5.91 Å². The van der Waals surface area contributed by atoms with Crippen LogP contribution in [0.4, 0.5) is 11.4 Å². The highest BCUT2D eigenvalue weighted by Crippen LogP contribution is 2.33. The van der Waals surface area contributed by atoms with Crippen LogP contribution in [0.1, 0.15) is 23.5 Å². The van der Waals surface area contributed by atoms with Gasteiger partial charge in [0, 0.05) is 29.7 Å². The predicted octanol–water partition coefficient (Wildman–Crippen LogP) is 2.88. The van der Waals surface area contributed by atoms with E-state index < -0.39 is 11.9 Å². The van der Waals surface area contributed by atoms with E-state index in [9.17, 15) is 9.59 Å². The number of hydrogen-bond donors (Lipinski definition) is 2. The maximum absolute atomic E-state index is 12.7. The molecule has 0 aliphatic carbocycles. The predicted molar refractivity (Wildman–Crippen MR) is 118 cm³/mol. The number of ether oxygens (including phenoxy) is 4. The number of anilines is 2. The highest BCUT2D eigenvalue weighted by Gasteiger charge is 2.20. The third kappa shape index (κ3) is 4.40. The van der Waals surface area contributed by atoms with Crippen LogP contribution in [0.15, 0.2) is 48.7 Å². The van der Waals surface area contributed by atoms with Gasteiger partial charge >= 0.3 is 0 Å². The van der Waals surface area contributed by atoms with Crippen LogP contribution in [0.3, 0.4) is 0 Å². The summed E-state index contributed by atoms with van der Waals surface area (Å²) in [6.45, 7) is 3.62. The van der Waals surface area contributed by atoms with Gasteiger partial charge in [0.1, 0.15) is 32.5 Å². The lowest BCUT2D eigenvalue weighted by atomic mass is 10.2. The van der Waals surface area contributed by atoms with Crippen LogP contribution in [0.25, 0.3) is 0 Å². The number of nitrogens with one attached hydrogen (secondary N) is 2. The first-order chi connectivity index (χ1) is 16.1. The second-order valence-corrected chi connectivity index (χ2v) is 7.52. The maximum atomic E-state index is 12.7. The fraction of sp³-hybridized carbons (Fsp3) is 0.261. The van der Waals surface area contributed by atoms with E-state index in [0.717, 1.165) is 0 Å². The van der Waals surface area contributed by atoms with Gasteiger partial charge in [-0.2, -0.15) is 5.10 Å². The number of benzene rings is 2. The zero-order valence-corrected chi connectivity index (χ0v) is 17.9. The molecule has 3 heterocycles. The van der Waals surface area contributed by atoms with Crippen molar-refractivity contribution >= 4 is 23.2 Å². The first kappa shape index (κ1) is 20.7. The van der Waals surface area contributed by atoms with Crippen LogP contribution in [0, 0.1) is 0 Å². The molecule has 2 aliphatic heterocycles. The summed E-state index contributed by atoms with van der Waals surface area (Å²) < 4.78 is 23.5. The maximum Gasteiger partial charge on any atom is 0.276 e. The second-order valence-electron chi connectivity index (χ2n) is 7.52. The van der Waals surface area contributed by atoms with Crippen molar-refractivity contribution < 1.29 is 28.5 Å². The molecule has 0 fully saturated rings. The third-order valence-electron chi connectivity index (χ3n) is 5.23. The molecular weight excluding hydrogens is 428 g/mol. The fourth-order valence-electron chi connectivity index (χ4n) is 3.48. The molecule has 10 nitrogen and oxygen atoms in total. The lowest BCUT2D eigenvalue weighted by Crippen LogP contribution is -2.25. The number of rotatable bonds is 5. The molecule has 0 saturated heterocycles. The standard InChI is InChI=1S/C23H22N4O6/c1-14(22(28)24-15-2-4-18-20(12-15)32-10-8-30-18)27-7-6-17(26-27)23(29)25-16-3-5-19-21(13-16)33-11-9-31-19/h2-7,12-14H,8-11H2,1H3,(H,24,28)(H,25,29)/t14-/m0/s1. The van der Waals surface area contributed by atoms with Gasteiger partial charge in [-0.15, -0.1) is 0 Å². The number of fused-ring (bicyclic) bond motifs is 2. The van der Waals surface area contributed by atoms with Gasteiger partial charge in [-0.25, -0.2) is 0 Å². The Morgan fingerprint density at radius 3 is 1.97 bits per heavy atom. The van der Waals surface area contributed by atoms with Gasteiger partial charge in [-0.05, 0) is 37.3 Å². The molecule has 5 rings (SSSR count). The van der Waals surface area contributed by atoms with Crippen molar-refractivity contribution in [3.8, 4) is 23.0 Å². The largest absolute Gasteiger partial charge is 0.486 e. The van der Waals surface area contributed by atoms with Crippen LogP contribution in [0.2, 0.25) is 0 Å². The normalized spacial score (nSPS) is 14.8. The molecule has 0 saturated carbocycles. The molecule has 0 unspecified atom stereocenters. The summed E-state index contributed by atoms with van der Waals surface area (Å²) in [5.74, 6) is 1.77. The Morgan fingerprint density at radius 1 is 0.818 bits per heavy atom. The number of amides is 2. The highest BCUT2D eigenvalue weighted by molar-refractivity contribution is 6.03. The van der Waals surface area contributed by atoms with Gasteiger partial charge in [-0.1, -0.05) is 0 Å². The zero-order valence-electron chi connectivity index (χ0n) is 17.9. The smallest absolute Gasteiger partial charge is 0.276 e. The minimum Gasteiger partial charge on any atom is -0.486 e. The van der Waals surface area contributed by atoms with E-state index in [2.05, 4.69) is 15.7 Å². The molecule has 0 spiro atoms. The minimum atomic E-state index is -0.644. The number of aromatic nitrogens is 2. The lowest BCUT2D eigenvalue weighted by molar-refractivity contribution is -0.119. The van der Waals surface area contributed by atoms with Crippen molar-refractivity contribution in [2.45, 2.75) is 13.0 Å². The van der Waals surface area contributed by atoms with Crippen molar-refractivity contribution in [3.05, 3.63) is 54.4 Å². The Kier molecular flexibility index (Phi) is 5.47. The van der Waals surface area contributed by atoms with Crippen LogP contribution in [0.5, 0.6) is 23.0 Å². The van der Waals surface area contributed by atoms with Gasteiger partial charge in [0.25, 0.3) is 5.91 Å². The molecule has 1 aromatic heterocycles. The molecule has 2 aliphatic rings. The quantitative estimate of drug-likeness (QED) is 0.615. The van der Waals surface area contributed by atoms with E-state index >= 15 is 0 Å². The summed E-state index contributed by atoms with van der Waals surface area (Å²) in [5, 5.41) is 9.89. The van der Waals surface area contributed by atoms with Crippen LogP contribution in [-0.4, -0.2) is 48.0 Å². The molecular formula is C23H22N4O6. The van der Waals surface area contributed by atoms with Crippen molar-refractivity contribution in [3.63, 3.8) is 0 Å². The van der Waals surface area contributed by atoms with Crippen LogP contribution >= 0.6 is 0 Å². The molecule has 2 amide bonds. The van der Waals surface area contributed by atoms with Crippen molar-refractivity contribution in [1.82, 2.24) is 9.78 Å². The molecule has 3 aromatic rings. The summed E-state index contributed by atoms with van der Waals surface area (Å²) in [6.07, 6.45) is 1.59. The van der Waals surface area contributed by atoms with Gasteiger partial charge in [0.15, 0.2) is 28.7 Å². The second kappa shape index (κ2) is 8.73. The highest BCUT2D eigenvalue weighted by atomic mass is 16.6. The topological polar surface area (TPSA) is 113 Å². The number of nitrogens with zero attached hydrogens (tertiary/aromatic N) is 2. The summed E-state index contributed by atoms with van der Waals surface area (Å²) in [6, 6.07) is 11.3. The third-order valence-corrected chi connectivity index (χ3v) is 5.23. The van der Waals surface area contributed by atoms with Crippen LogP contribution < -0.4 is 29.6 Å². The minimum absolute atomic E-state index is 0.184. The van der Waals surface area contributed by atoms with Gasteiger partial charge in [-0.3, -0.25) is 14.3 Å². The van der Waals surface area contributed by atoms with E-state index in [-0.39, 0.29) is 11.6 Å². The van der Waals surface area contributed by atoms with E-state index in [0.29, 0.717) is 60.8 Å². The molecule has 170 valence electrons. The monoisotopic (exact) mass is 450 g/mol. The van der Waals surface area contributed by atoms with Crippen molar-refractivity contribution in [1.29, 1.82) is 0 Å². The van der Waals surface area contributed by atoms with E-state index in [1.807, 2.05) is 0 Å². The molecule has 33 heavy (non-hydrogen) atoms. The van der Waals surface area contributed by atoms with E-state index in [4.69, 9.17) is 18.9 Å².